The normalized spacial score (nSPS) is 34.0. The molecule has 1 aromatic rings. The van der Waals surface area contributed by atoms with E-state index in [4.69, 9.17) is 5.41 Å². The van der Waals surface area contributed by atoms with E-state index < -0.39 is 23.1 Å². The smallest absolute Gasteiger partial charge is 0.189 e. The highest BCUT2D eigenvalue weighted by Crippen LogP contribution is 2.57. The molecule has 5 atom stereocenters. The molecule has 2 heterocycles. The molecule has 0 aromatic heterocycles. The molecule has 2 aliphatic heterocycles. The van der Waals surface area contributed by atoms with Gasteiger partial charge in [0, 0.05) is 23.9 Å². The van der Waals surface area contributed by atoms with Crippen molar-refractivity contribution in [3.63, 3.8) is 0 Å². The number of hydrogen-bond donors (Lipinski definition) is 1. The van der Waals surface area contributed by atoms with Crippen LogP contribution >= 0.6 is 0 Å². The highest BCUT2D eigenvalue weighted by molar-refractivity contribution is 6.01. The molecule has 1 aliphatic carbocycles. The number of halogens is 1. The Morgan fingerprint density at radius 1 is 1.22 bits per heavy atom. The number of benzene rings is 1. The quantitative estimate of drug-likeness (QED) is 0.779. The number of nitrogens with one attached hydrogen (secondary N) is 1. The molecule has 0 radical (unpaired) electrons. The van der Waals surface area contributed by atoms with Gasteiger partial charge in [0.15, 0.2) is 5.41 Å². The number of hydrogen-bond acceptors (Lipinski definition) is 5. The lowest BCUT2D eigenvalue weighted by Crippen LogP contribution is -2.55. The molecule has 2 bridgehead atoms. The first kappa shape index (κ1) is 17.4. The number of rotatable bonds is 1. The molecule has 1 aromatic carbocycles. The molecule has 3 aliphatic rings. The third-order valence-electron chi connectivity index (χ3n) is 6.55. The molecule has 134 valence electrons. The lowest BCUT2D eigenvalue weighted by atomic mass is 9.53. The van der Waals surface area contributed by atoms with Crippen molar-refractivity contribution in [2.45, 2.75) is 30.8 Å². The minimum atomic E-state index is -1.79. The van der Waals surface area contributed by atoms with Crippen LogP contribution in [0.15, 0.2) is 35.9 Å². The van der Waals surface area contributed by atoms with Gasteiger partial charge in [-0.3, -0.25) is 4.90 Å². The van der Waals surface area contributed by atoms with Gasteiger partial charge in [-0.25, -0.2) is 4.39 Å². The zero-order valence-corrected chi connectivity index (χ0v) is 14.9. The summed E-state index contributed by atoms with van der Waals surface area (Å²) >= 11 is 0. The largest absolute Gasteiger partial charge is 0.305 e. The second-order valence-corrected chi connectivity index (χ2v) is 7.61. The highest BCUT2D eigenvalue weighted by atomic mass is 19.1. The van der Waals surface area contributed by atoms with E-state index in [-0.39, 0.29) is 23.7 Å². The van der Waals surface area contributed by atoms with E-state index in [0.29, 0.717) is 5.56 Å². The summed E-state index contributed by atoms with van der Waals surface area (Å²) in [4.78, 5) is 2.23. The van der Waals surface area contributed by atoms with E-state index in [1.54, 1.807) is 12.1 Å². The number of likely N-dealkylation sites (N-methyl/N-ethyl adjacent to an activating group) is 1. The average Bonchev–Trinajstić information content (AvgIpc) is 2.90. The number of nitriles is 3. The van der Waals surface area contributed by atoms with Gasteiger partial charge in [-0.05, 0) is 43.2 Å². The Balaban J connectivity index is 2.01. The first-order valence-corrected chi connectivity index (χ1v) is 8.98. The molecule has 1 saturated heterocycles. The van der Waals surface area contributed by atoms with Crippen molar-refractivity contribution in [2.24, 2.45) is 17.3 Å². The number of nitrogens with zero attached hydrogens (tertiary/aromatic N) is 4. The molecule has 1 saturated carbocycles. The van der Waals surface area contributed by atoms with E-state index >= 15 is 0 Å². The summed E-state index contributed by atoms with van der Waals surface area (Å²) in [5, 5.41) is 38.4. The van der Waals surface area contributed by atoms with E-state index in [9.17, 15) is 20.2 Å². The first-order chi connectivity index (χ1) is 13.0. The molecule has 27 heavy (non-hydrogen) atoms. The van der Waals surface area contributed by atoms with Crippen molar-refractivity contribution in [3.05, 3.63) is 47.3 Å². The molecule has 4 rings (SSSR count). The van der Waals surface area contributed by atoms with Crippen LogP contribution in [0.2, 0.25) is 0 Å². The summed E-state index contributed by atoms with van der Waals surface area (Å²) < 4.78 is 14.0. The van der Waals surface area contributed by atoms with Crippen LogP contribution in [-0.4, -0.2) is 29.7 Å². The highest BCUT2D eigenvalue weighted by Gasteiger charge is 2.61. The molecule has 5 nitrogen and oxygen atoms in total. The second-order valence-electron chi connectivity index (χ2n) is 7.61. The fourth-order valence-corrected chi connectivity index (χ4v) is 5.30. The predicted molar refractivity (Wildman–Crippen MR) is 95.8 cm³/mol. The van der Waals surface area contributed by atoms with Gasteiger partial charge in [-0.15, -0.1) is 0 Å². The molecule has 1 unspecified atom stereocenters. The second kappa shape index (κ2) is 6.02. The Labute approximate surface area is 157 Å². The summed E-state index contributed by atoms with van der Waals surface area (Å²) in [6.07, 6.45) is 3.87. The van der Waals surface area contributed by atoms with E-state index in [0.717, 1.165) is 18.4 Å². The first-order valence-electron chi connectivity index (χ1n) is 8.98. The maximum Gasteiger partial charge on any atom is 0.189 e. The van der Waals surface area contributed by atoms with Crippen molar-refractivity contribution in [1.29, 1.82) is 21.2 Å². The molecular weight excluding hydrogens is 341 g/mol. The third-order valence-corrected chi connectivity index (χ3v) is 6.55. The summed E-state index contributed by atoms with van der Waals surface area (Å²) in [6.45, 7) is 0. The van der Waals surface area contributed by atoms with E-state index in [2.05, 4.69) is 23.1 Å². The Morgan fingerprint density at radius 3 is 2.59 bits per heavy atom. The lowest BCUT2D eigenvalue weighted by Gasteiger charge is -2.50. The van der Waals surface area contributed by atoms with Crippen LogP contribution in [0.1, 0.15) is 24.3 Å². The van der Waals surface area contributed by atoms with Gasteiger partial charge in [0.25, 0.3) is 0 Å². The number of fused-ring (bicyclic) bond motifs is 4. The monoisotopic (exact) mass is 359 g/mol. The molecule has 0 amide bonds. The van der Waals surface area contributed by atoms with Crippen LogP contribution in [0.4, 0.5) is 4.39 Å². The summed E-state index contributed by atoms with van der Waals surface area (Å²) in [5.41, 5.74) is -0.611. The van der Waals surface area contributed by atoms with Gasteiger partial charge in [-0.1, -0.05) is 18.2 Å². The van der Waals surface area contributed by atoms with Crippen molar-refractivity contribution in [1.82, 2.24) is 4.90 Å². The average molecular weight is 359 g/mol. The standard InChI is InChI=1S/C21H18FN5/c1-27-14-5-6-17(27)18-15(8-14)16(9-23)20(26)21(10-24,11-25)19(18)12-3-2-4-13(22)7-12/h2-4,7-8,14,16-19,26H,5-6H2,1H3/t14-,16?,17+,18+,19+/m1/s1. The minimum absolute atomic E-state index is 0.0632. The van der Waals surface area contributed by atoms with Crippen molar-refractivity contribution >= 4 is 5.71 Å². The summed E-state index contributed by atoms with van der Waals surface area (Å²) in [7, 11) is 2.01. The maximum absolute atomic E-state index is 14.0. The van der Waals surface area contributed by atoms with Crippen LogP contribution < -0.4 is 0 Å². The van der Waals surface area contributed by atoms with Gasteiger partial charge in [0.05, 0.1) is 23.9 Å². The predicted octanol–water partition coefficient (Wildman–Crippen LogP) is 3.14. The van der Waals surface area contributed by atoms with Gasteiger partial charge >= 0.3 is 0 Å². The minimum Gasteiger partial charge on any atom is -0.305 e. The van der Waals surface area contributed by atoms with Crippen LogP contribution in [0, 0.1) is 62.5 Å². The molecule has 2 fully saturated rings. The molecule has 1 N–H and O–H groups in total. The summed E-state index contributed by atoms with van der Waals surface area (Å²) in [5.74, 6) is -2.27. The van der Waals surface area contributed by atoms with Crippen LogP contribution in [-0.2, 0) is 0 Å². The Hall–Kier alpha value is -3.01. The van der Waals surface area contributed by atoms with Gasteiger partial charge < -0.3 is 5.41 Å². The van der Waals surface area contributed by atoms with Gasteiger partial charge in [0.1, 0.15) is 11.7 Å². The van der Waals surface area contributed by atoms with Gasteiger partial charge in [-0.2, -0.15) is 15.8 Å². The van der Waals surface area contributed by atoms with Crippen molar-refractivity contribution in [2.75, 3.05) is 7.05 Å². The molecule has 0 spiro atoms. The van der Waals surface area contributed by atoms with Gasteiger partial charge in [0.2, 0.25) is 0 Å². The lowest BCUT2D eigenvalue weighted by molar-refractivity contribution is 0.157. The van der Waals surface area contributed by atoms with Crippen LogP contribution in [0.5, 0.6) is 0 Å². The van der Waals surface area contributed by atoms with Crippen molar-refractivity contribution < 1.29 is 4.39 Å². The van der Waals surface area contributed by atoms with Crippen molar-refractivity contribution in [3.8, 4) is 18.2 Å². The SMILES string of the molecule is CN1[C@H]2C=C3C(C#N)C(=N)C(C#N)(C#N)[C@@H](c4cccc(F)c4)[C@@H]3[C@@H]1CC2. The third kappa shape index (κ3) is 2.19. The van der Waals surface area contributed by atoms with Crippen LogP contribution in [0.25, 0.3) is 0 Å². The topological polar surface area (TPSA) is 98.5 Å². The summed E-state index contributed by atoms with van der Waals surface area (Å²) in [6, 6.07) is 12.5. The molecule has 6 heteroatoms. The molecular formula is C21H18FN5. The fourth-order valence-electron chi connectivity index (χ4n) is 5.30. The van der Waals surface area contributed by atoms with E-state index in [1.165, 1.54) is 12.1 Å². The van der Waals surface area contributed by atoms with E-state index in [1.807, 2.05) is 13.1 Å². The zero-order valence-electron chi connectivity index (χ0n) is 14.9. The Kier molecular flexibility index (Phi) is 3.88. The fraction of sp³-hybridized carbons (Fsp3) is 0.429. The van der Waals surface area contributed by atoms with Crippen LogP contribution in [0.3, 0.4) is 0 Å². The maximum atomic E-state index is 14.0. The Morgan fingerprint density at radius 2 is 1.96 bits per heavy atom. The zero-order chi connectivity index (χ0) is 19.3. The Bertz CT molecular complexity index is 962.